The van der Waals surface area contributed by atoms with Gasteiger partial charge in [-0.05, 0) is 42.5 Å². The van der Waals surface area contributed by atoms with Crippen molar-refractivity contribution in [2.45, 2.75) is 12.2 Å². The Hall–Kier alpha value is -3.75. The quantitative estimate of drug-likeness (QED) is 0.389. The highest BCUT2D eigenvalue weighted by Crippen LogP contribution is 2.32. The molecule has 30 heavy (non-hydrogen) atoms. The molecule has 3 heterocycles. The van der Waals surface area contributed by atoms with Gasteiger partial charge in [0.1, 0.15) is 5.82 Å². The number of fused-ring (bicyclic) bond motifs is 1. The molecule has 0 aliphatic carbocycles. The predicted molar refractivity (Wildman–Crippen MR) is 98.6 cm³/mol. The second-order valence-corrected chi connectivity index (χ2v) is 6.60. The molecule has 1 atom stereocenters. The minimum Gasteiger partial charge on any atom is -0.330 e. The Labute approximate surface area is 168 Å². The number of hydrogen-bond donors (Lipinski definition) is 2. The lowest BCUT2D eigenvalue weighted by molar-refractivity contribution is -0.514. The Morgan fingerprint density at radius 1 is 1.07 bits per heavy atom. The second kappa shape index (κ2) is 7.58. The summed E-state index contributed by atoms with van der Waals surface area (Å²) in [5.74, 6) is -1.44. The minimum absolute atomic E-state index is 0.0842. The van der Waals surface area contributed by atoms with Gasteiger partial charge in [-0.2, -0.15) is 17.6 Å². The number of carbonyl (C=O) groups is 1. The van der Waals surface area contributed by atoms with Crippen LogP contribution < -0.4 is 14.7 Å². The number of pyridine rings is 2. The van der Waals surface area contributed by atoms with Crippen LogP contribution in [0.2, 0.25) is 0 Å². The summed E-state index contributed by atoms with van der Waals surface area (Å²) in [6.45, 7) is 0. The molecular formula is C21H16F4N4O+2. The molecule has 4 aromatic rings. The van der Waals surface area contributed by atoms with Crippen LogP contribution in [0.3, 0.4) is 0 Å². The van der Waals surface area contributed by atoms with Gasteiger partial charge >= 0.3 is 17.9 Å². The van der Waals surface area contributed by atoms with E-state index < -0.39 is 23.9 Å². The number of nitrogens with zero attached hydrogens (tertiary/aromatic N) is 1. The van der Waals surface area contributed by atoms with Crippen LogP contribution in [0, 0.1) is 5.82 Å². The average Bonchev–Trinajstić information content (AvgIpc) is 3.12. The zero-order valence-corrected chi connectivity index (χ0v) is 15.4. The van der Waals surface area contributed by atoms with Crippen molar-refractivity contribution in [2.24, 2.45) is 0 Å². The van der Waals surface area contributed by atoms with E-state index in [0.717, 1.165) is 0 Å². The molecule has 4 rings (SSSR count). The summed E-state index contributed by atoms with van der Waals surface area (Å²) in [7, 11) is 0. The number of carbonyl (C=O) groups excluding carboxylic acids is 1. The smallest absolute Gasteiger partial charge is 0.330 e. The fourth-order valence-electron chi connectivity index (χ4n) is 3.23. The van der Waals surface area contributed by atoms with Crippen molar-refractivity contribution in [2.75, 3.05) is 0 Å². The first-order valence-electron chi connectivity index (χ1n) is 8.96. The summed E-state index contributed by atoms with van der Waals surface area (Å²) in [5, 5.41) is 2.06. The van der Waals surface area contributed by atoms with Crippen molar-refractivity contribution >= 4 is 11.4 Å². The van der Waals surface area contributed by atoms with Gasteiger partial charge < -0.3 is 5.32 Å². The molecule has 3 N–H and O–H groups in total. The van der Waals surface area contributed by atoms with Gasteiger partial charge in [-0.15, -0.1) is 0 Å². The second-order valence-electron chi connectivity index (χ2n) is 6.60. The predicted octanol–water partition coefficient (Wildman–Crippen LogP) is 3.41. The molecule has 0 radical (unpaired) electrons. The fourth-order valence-corrected chi connectivity index (χ4v) is 3.23. The molecule has 5 nitrogen and oxygen atoms in total. The lowest BCUT2D eigenvalue weighted by atomic mass is 10.1. The molecule has 0 bridgehead atoms. The topological polar surface area (TPSA) is 63.1 Å². The highest BCUT2D eigenvalue weighted by molar-refractivity contribution is 5.91. The van der Waals surface area contributed by atoms with Crippen LogP contribution >= 0.6 is 0 Å². The van der Waals surface area contributed by atoms with Crippen molar-refractivity contribution in [1.82, 2.24) is 10.3 Å². The van der Waals surface area contributed by atoms with Gasteiger partial charge in [0, 0.05) is 17.2 Å². The number of amides is 1. The Bertz CT molecular complexity index is 1190. The summed E-state index contributed by atoms with van der Waals surface area (Å²) in [6, 6.07) is 11.2. The number of rotatable bonds is 4. The molecule has 1 aromatic carbocycles. The molecule has 0 aliphatic heterocycles. The van der Waals surface area contributed by atoms with Crippen LogP contribution in [-0.4, -0.2) is 17.1 Å². The zero-order chi connectivity index (χ0) is 21.3. The van der Waals surface area contributed by atoms with Crippen LogP contribution in [0.4, 0.5) is 17.6 Å². The van der Waals surface area contributed by atoms with E-state index in [9.17, 15) is 22.4 Å². The maximum Gasteiger partial charge on any atom is 0.413 e. The highest BCUT2D eigenvalue weighted by atomic mass is 19.4. The summed E-state index contributed by atoms with van der Waals surface area (Å²) >= 11 is 0. The maximum atomic E-state index is 13.6. The summed E-state index contributed by atoms with van der Waals surface area (Å²) in [4.78, 5) is 18.3. The van der Waals surface area contributed by atoms with Gasteiger partial charge in [-0.25, -0.2) is 14.4 Å². The van der Waals surface area contributed by atoms with Crippen molar-refractivity contribution in [3.63, 3.8) is 0 Å². The van der Waals surface area contributed by atoms with Crippen molar-refractivity contribution in [3.05, 3.63) is 90.4 Å². The summed E-state index contributed by atoms with van der Waals surface area (Å²) in [5.41, 5.74) is 1.50. The van der Waals surface area contributed by atoms with Crippen molar-refractivity contribution in [3.8, 4) is 11.3 Å². The Kier molecular flexibility index (Phi) is 4.94. The third-order valence-electron chi connectivity index (χ3n) is 4.62. The number of aromatic amines is 2. The largest absolute Gasteiger partial charge is 0.413 e. The molecule has 0 spiro atoms. The average molecular weight is 416 g/mol. The molecule has 152 valence electrons. The van der Waals surface area contributed by atoms with E-state index in [0.29, 0.717) is 16.8 Å². The van der Waals surface area contributed by atoms with E-state index in [-0.39, 0.29) is 11.4 Å². The molecule has 1 unspecified atom stereocenters. The summed E-state index contributed by atoms with van der Waals surface area (Å²) in [6.07, 6.45) is -0.477. The molecule has 0 fully saturated rings. The Morgan fingerprint density at radius 2 is 1.83 bits per heavy atom. The number of aromatic nitrogens is 3. The van der Waals surface area contributed by atoms with Gasteiger partial charge in [0.2, 0.25) is 0 Å². The van der Waals surface area contributed by atoms with E-state index in [1.807, 2.05) is 0 Å². The molecule has 0 saturated heterocycles. The van der Waals surface area contributed by atoms with Crippen LogP contribution in [0.15, 0.2) is 73.2 Å². The highest BCUT2D eigenvalue weighted by Gasteiger charge is 2.44. The third-order valence-corrected chi connectivity index (χ3v) is 4.62. The lowest BCUT2D eigenvalue weighted by Crippen LogP contribution is -2.42. The third kappa shape index (κ3) is 3.73. The van der Waals surface area contributed by atoms with E-state index >= 15 is 0 Å². The van der Waals surface area contributed by atoms with Crippen molar-refractivity contribution < 1.29 is 31.7 Å². The SMILES string of the molecule is O=C(NC(c1ccc[nH+]c1)C(F)(F)F)c1[nH]c(-c2ccc(F)cc2)c2cccc[n+]12. The van der Waals surface area contributed by atoms with E-state index in [4.69, 9.17) is 0 Å². The number of nitrogens with one attached hydrogen (secondary N) is 3. The Morgan fingerprint density at radius 3 is 2.50 bits per heavy atom. The van der Waals surface area contributed by atoms with Gasteiger partial charge in [0.25, 0.3) is 0 Å². The molecule has 0 aliphatic rings. The van der Waals surface area contributed by atoms with Crippen LogP contribution in [0.1, 0.15) is 22.2 Å². The first kappa shape index (κ1) is 19.6. The van der Waals surface area contributed by atoms with E-state index in [2.05, 4.69) is 15.3 Å². The van der Waals surface area contributed by atoms with E-state index in [1.165, 1.54) is 53.2 Å². The van der Waals surface area contributed by atoms with Crippen LogP contribution in [-0.2, 0) is 0 Å². The van der Waals surface area contributed by atoms with Crippen molar-refractivity contribution in [1.29, 1.82) is 0 Å². The van der Waals surface area contributed by atoms with Gasteiger partial charge in [-0.1, -0.05) is 6.07 Å². The molecule has 9 heteroatoms. The number of imidazole rings is 1. The molecule has 0 saturated carbocycles. The number of halogens is 4. The van der Waals surface area contributed by atoms with Crippen LogP contribution in [0.25, 0.3) is 16.8 Å². The standard InChI is InChI=1S/C21H14F4N4O/c22-15-8-6-13(7-9-15)17-16-5-1-2-11-29(16)19(27-17)20(30)28-18(21(23,24)25)14-4-3-10-26-12-14/h1-12,18H,(H,28,30)/p+2. The van der Waals surface area contributed by atoms with Gasteiger partial charge in [0.05, 0.1) is 6.20 Å². The lowest BCUT2D eigenvalue weighted by Gasteiger charge is -2.19. The Balaban J connectivity index is 1.75. The number of benzene rings is 1. The fraction of sp³-hybridized carbons (Fsp3) is 0.0952. The first-order chi connectivity index (χ1) is 14.3. The first-order valence-corrected chi connectivity index (χ1v) is 8.96. The molecular weight excluding hydrogens is 400 g/mol. The minimum atomic E-state index is -4.70. The molecule has 3 aromatic heterocycles. The number of H-pyrrole nitrogens is 2. The van der Waals surface area contributed by atoms with Gasteiger partial charge in [0.15, 0.2) is 29.6 Å². The normalized spacial score (nSPS) is 12.7. The molecule has 1 amide bonds. The zero-order valence-electron chi connectivity index (χ0n) is 15.4. The number of alkyl halides is 3. The van der Waals surface area contributed by atoms with Gasteiger partial charge in [-0.3, -0.25) is 4.79 Å². The monoisotopic (exact) mass is 416 g/mol. The van der Waals surface area contributed by atoms with E-state index in [1.54, 1.807) is 24.4 Å². The summed E-state index contributed by atoms with van der Waals surface area (Å²) < 4.78 is 55.6. The van der Waals surface area contributed by atoms with Crippen LogP contribution in [0.5, 0.6) is 0 Å². The number of hydrogen-bond acceptors (Lipinski definition) is 1. The maximum absolute atomic E-state index is 13.6.